The Hall–Kier alpha value is -2.58. The molecule has 0 aromatic heterocycles. The number of hydrogen-bond donors (Lipinski definition) is 0. The predicted octanol–water partition coefficient (Wildman–Crippen LogP) is 6.55. The smallest absolute Gasteiger partial charge is 0.133 e. The summed E-state index contributed by atoms with van der Waals surface area (Å²) >= 11 is 2.28. The molecule has 0 radical (unpaired) electrons. The lowest BCUT2D eigenvalue weighted by Crippen LogP contribution is -1.97. The normalized spacial score (nSPS) is 11.1. The standard InChI is InChI=1S/C24H20INO/c1-17-6-9-21(10-7-17)22(15-26)13-19-8-11-24(23(25)14-19)27-16-20-5-3-4-18(2)12-20/h3-14H,16H2,1-2H3/b22-13-. The molecule has 0 saturated heterocycles. The second-order valence-corrected chi connectivity index (χ2v) is 7.67. The quantitative estimate of drug-likeness (QED) is 0.243. The van der Waals surface area contributed by atoms with Crippen molar-refractivity contribution >= 4 is 34.2 Å². The van der Waals surface area contributed by atoms with E-state index in [1.165, 1.54) is 11.1 Å². The summed E-state index contributed by atoms with van der Waals surface area (Å²) in [5, 5.41) is 9.52. The zero-order chi connectivity index (χ0) is 19.2. The summed E-state index contributed by atoms with van der Waals surface area (Å²) in [6.45, 7) is 4.66. The lowest BCUT2D eigenvalue weighted by Gasteiger charge is -2.10. The zero-order valence-corrected chi connectivity index (χ0v) is 17.5. The van der Waals surface area contributed by atoms with E-state index < -0.39 is 0 Å². The Kier molecular flexibility index (Phi) is 6.31. The maximum absolute atomic E-state index is 9.52. The number of aryl methyl sites for hydroxylation is 2. The second kappa shape index (κ2) is 8.88. The molecule has 0 aliphatic heterocycles. The lowest BCUT2D eigenvalue weighted by atomic mass is 10.0. The van der Waals surface area contributed by atoms with Gasteiger partial charge in [0.2, 0.25) is 0 Å². The Labute approximate surface area is 174 Å². The Bertz CT molecular complexity index is 1010. The van der Waals surface area contributed by atoms with Crippen LogP contribution in [0, 0.1) is 28.7 Å². The van der Waals surface area contributed by atoms with Gasteiger partial charge in [0.15, 0.2) is 0 Å². The predicted molar refractivity (Wildman–Crippen MR) is 119 cm³/mol. The van der Waals surface area contributed by atoms with Gasteiger partial charge in [0.05, 0.1) is 15.2 Å². The minimum Gasteiger partial charge on any atom is -0.488 e. The molecule has 0 N–H and O–H groups in total. The van der Waals surface area contributed by atoms with E-state index in [0.29, 0.717) is 12.2 Å². The van der Waals surface area contributed by atoms with Crippen molar-refractivity contribution in [1.29, 1.82) is 5.26 Å². The van der Waals surface area contributed by atoms with E-state index in [0.717, 1.165) is 26.0 Å². The van der Waals surface area contributed by atoms with Crippen LogP contribution in [0.25, 0.3) is 11.6 Å². The summed E-state index contributed by atoms with van der Waals surface area (Å²) in [5.74, 6) is 0.850. The van der Waals surface area contributed by atoms with Crippen molar-refractivity contribution in [3.63, 3.8) is 0 Å². The molecule has 0 spiro atoms. The summed E-state index contributed by atoms with van der Waals surface area (Å²) in [6, 6.07) is 24.6. The highest BCUT2D eigenvalue weighted by Crippen LogP contribution is 2.26. The first-order chi connectivity index (χ1) is 13.0. The molecular formula is C24H20INO. The highest BCUT2D eigenvalue weighted by Gasteiger charge is 2.05. The number of rotatable bonds is 5. The average Bonchev–Trinajstić information content (AvgIpc) is 2.66. The molecule has 27 heavy (non-hydrogen) atoms. The van der Waals surface area contributed by atoms with Gasteiger partial charge in [-0.3, -0.25) is 0 Å². The van der Waals surface area contributed by atoms with Gasteiger partial charge in [-0.1, -0.05) is 65.7 Å². The van der Waals surface area contributed by atoms with E-state index in [1.54, 1.807) is 0 Å². The van der Waals surface area contributed by atoms with E-state index in [1.807, 2.05) is 61.5 Å². The van der Waals surface area contributed by atoms with Crippen LogP contribution < -0.4 is 4.74 Å². The van der Waals surface area contributed by atoms with Crippen molar-refractivity contribution in [2.24, 2.45) is 0 Å². The molecule has 0 amide bonds. The van der Waals surface area contributed by atoms with Crippen LogP contribution in [0.4, 0.5) is 0 Å². The highest BCUT2D eigenvalue weighted by atomic mass is 127. The maximum atomic E-state index is 9.52. The summed E-state index contributed by atoms with van der Waals surface area (Å²) in [6.07, 6.45) is 1.91. The van der Waals surface area contributed by atoms with Gasteiger partial charge in [0, 0.05) is 0 Å². The summed E-state index contributed by atoms with van der Waals surface area (Å²) < 4.78 is 6.99. The van der Waals surface area contributed by atoms with Crippen LogP contribution in [0.2, 0.25) is 0 Å². The van der Waals surface area contributed by atoms with Gasteiger partial charge in [0.1, 0.15) is 12.4 Å². The van der Waals surface area contributed by atoms with E-state index in [2.05, 4.69) is 53.8 Å². The molecule has 2 nitrogen and oxygen atoms in total. The van der Waals surface area contributed by atoms with Crippen LogP contribution in [0.5, 0.6) is 5.75 Å². The van der Waals surface area contributed by atoms with Crippen molar-refractivity contribution in [3.05, 3.63) is 98.1 Å². The van der Waals surface area contributed by atoms with Crippen LogP contribution in [-0.2, 0) is 6.61 Å². The van der Waals surface area contributed by atoms with E-state index in [4.69, 9.17) is 4.74 Å². The number of nitriles is 1. The van der Waals surface area contributed by atoms with Gasteiger partial charge < -0.3 is 4.74 Å². The first-order valence-electron chi connectivity index (χ1n) is 8.72. The summed E-state index contributed by atoms with van der Waals surface area (Å²) in [4.78, 5) is 0. The zero-order valence-electron chi connectivity index (χ0n) is 15.4. The Morgan fingerprint density at radius 2 is 1.78 bits per heavy atom. The number of nitrogens with zero attached hydrogens (tertiary/aromatic N) is 1. The second-order valence-electron chi connectivity index (χ2n) is 6.50. The van der Waals surface area contributed by atoms with Gasteiger partial charge in [-0.15, -0.1) is 0 Å². The first kappa shape index (κ1) is 19.2. The van der Waals surface area contributed by atoms with Crippen LogP contribution in [-0.4, -0.2) is 0 Å². The molecule has 3 aromatic rings. The molecule has 0 aliphatic rings. The lowest BCUT2D eigenvalue weighted by molar-refractivity contribution is 0.304. The maximum Gasteiger partial charge on any atom is 0.133 e. The fourth-order valence-corrected chi connectivity index (χ4v) is 3.46. The highest BCUT2D eigenvalue weighted by molar-refractivity contribution is 14.1. The SMILES string of the molecule is Cc1ccc(/C(C#N)=C\c2ccc(OCc3cccc(C)c3)c(I)c2)cc1. The van der Waals surface area contributed by atoms with Crippen LogP contribution >= 0.6 is 22.6 Å². The Balaban J connectivity index is 1.77. The summed E-state index contributed by atoms with van der Waals surface area (Å²) in [5.41, 5.74) is 6.13. The molecule has 3 aromatic carbocycles. The molecular weight excluding hydrogens is 445 g/mol. The molecule has 0 fully saturated rings. The molecule has 0 saturated carbocycles. The number of ether oxygens (including phenoxy) is 1. The summed E-state index contributed by atoms with van der Waals surface area (Å²) in [7, 11) is 0. The minimum atomic E-state index is 0.541. The fourth-order valence-electron chi connectivity index (χ4n) is 2.77. The van der Waals surface area contributed by atoms with Gasteiger partial charge in [-0.2, -0.15) is 5.26 Å². The average molecular weight is 465 g/mol. The number of halogens is 1. The molecule has 0 aliphatic carbocycles. The topological polar surface area (TPSA) is 33.0 Å². The molecule has 0 atom stereocenters. The van der Waals surface area contributed by atoms with Crippen molar-refractivity contribution in [3.8, 4) is 11.8 Å². The molecule has 0 unspecified atom stereocenters. The Morgan fingerprint density at radius 1 is 1.00 bits per heavy atom. The van der Waals surface area contributed by atoms with Crippen LogP contribution in [0.15, 0.2) is 66.7 Å². The van der Waals surface area contributed by atoms with E-state index in [9.17, 15) is 5.26 Å². The first-order valence-corrected chi connectivity index (χ1v) is 9.80. The third kappa shape index (κ3) is 5.21. The minimum absolute atomic E-state index is 0.541. The number of allylic oxidation sites excluding steroid dienone is 1. The van der Waals surface area contributed by atoms with Crippen molar-refractivity contribution in [2.75, 3.05) is 0 Å². The Morgan fingerprint density at radius 3 is 2.44 bits per heavy atom. The van der Waals surface area contributed by atoms with Gasteiger partial charge in [-0.25, -0.2) is 0 Å². The molecule has 3 rings (SSSR count). The van der Waals surface area contributed by atoms with E-state index >= 15 is 0 Å². The van der Waals surface area contributed by atoms with Gasteiger partial charge in [-0.05, 0) is 71.3 Å². The van der Waals surface area contributed by atoms with Crippen molar-refractivity contribution < 1.29 is 4.74 Å². The van der Waals surface area contributed by atoms with Crippen molar-refractivity contribution in [1.82, 2.24) is 0 Å². The van der Waals surface area contributed by atoms with Gasteiger partial charge in [0.25, 0.3) is 0 Å². The van der Waals surface area contributed by atoms with E-state index in [-0.39, 0.29) is 0 Å². The number of benzene rings is 3. The van der Waals surface area contributed by atoms with Crippen LogP contribution in [0.3, 0.4) is 0 Å². The van der Waals surface area contributed by atoms with Crippen LogP contribution in [0.1, 0.15) is 27.8 Å². The third-order valence-corrected chi connectivity index (χ3v) is 5.07. The molecule has 3 heteroatoms. The fraction of sp³-hybridized carbons (Fsp3) is 0.125. The number of hydrogen-bond acceptors (Lipinski definition) is 2. The monoisotopic (exact) mass is 465 g/mol. The molecule has 134 valence electrons. The molecule has 0 bridgehead atoms. The largest absolute Gasteiger partial charge is 0.488 e. The third-order valence-electron chi connectivity index (χ3n) is 4.23. The molecule has 0 heterocycles. The van der Waals surface area contributed by atoms with Gasteiger partial charge >= 0.3 is 0 Å². The van der Waals surface area contributed by atoms with Crippen molar-refractivity contribution in [2.45, 2.75) is 20.5 Å².